The van der Waals surface area contributed by atoms with Crippen LogP contribution in [0.1, 0.15) is 12.8 Å². The van der Waals surface area contributed by atoms with E-state index in [1.165, 1.54) is 12.8 Å². The maximum atomic E-state index is 6.15. The smallest absolute Gasteiger partial charge is 0.210 e. The lowest BCUT2D eigenvalue weighted by molar-refractivity contribution is 0.169. The SMILES string of the molecule is C=C[Si](C)(C)OC1CC2C=CC1C2. The molecule has 0 saturated heterocycles. The van der Waals surface area contributed by atoms with Gasteiger partial charge in [-0.3, -0.25) is 0 Å². The van der Waals surface area contributed by atoms with Crippen LogP contribution in [0.15, 0.2) is 24.4 Å². The molecule has 2 aliphatic carbocycles. The molecule has 0 aromatic rings. The van der Waals surface area contributed by atoms with Crippen molar-refractivity contribution in [2.45, 2.75) is 32.0 Å². The van der Waals surface area contributed by atoms with Crippen molar-refractivity contribution in [3.05, 3.63) is 24.4 Å². The third-order valence-electron chi connectivity index (χ3n) is 3.16. The van der Waals surface area contributed by atoms with Crippen LogP contribution in [-0.2, 0) is 4.43 Å². The molecule has 1 nitrogen and oxygen atoms in total. The summed E-state index contributed by atoms with van der Waals surface area (Å²) in [5.74, 6) is 1.52. The van der Waals surface area contributed by atoms with E-state index in [0.29, 0.717) is 12.0 Å². The minimum atomic E-state index is -1.55. The van der Waals surface area contributed by atoms with Crippen LogP contribution in [-0.4, -0.2) is 14.4 Å². The molecule has 1 saturated carbocycles. The average Bonchev–Trinajstić information content (AvgIpc) is 2.64. The highest BCUT2D eigenvalue weighted by atomic mass is 28.4. The van der Waals surface area contributed by atoms with Crippen molar-refractivity contribution >= 4 is 8.32 Å². The number of fused-ring (bicyclic) bond motifs is 2. The lowest BCUT2D eigenvalue weighted by atomic mass is 10.1. The Kier molecular flexibility index (Phi) is 2.20. The van der Waals surface area contributed by atoms with Crippen LogP contribution in [0.4, 0.5) is 0 Å². The highest BCUT2D eigenvalue weighted by molar-refractivity contribution is 6.76. The molecule has 2 aliphatic rings. The van der Waals surface area contributed by atoms with Crippen molar-refractivity contribution in [2.75, 3.05) is 0 Å². The number of hydrogen-bond donors (Lipinski definition) is 0. The normalized spacial score (nSPS) is 36.9. The summed E-state index contributed by atoms with van der Waals surface area (Å²) in [6, 6.07) is 0. The third kappa shape index (κ3) is 1.79. The number of hydrogen-bond acceptors (Lipinski definition) is 1. The Morgan fingerprint density at radius 2 is 2.15 bits per heavy atom. The van der Waals surface area contributed by atoms with Crippen molar-refractivity contribution in [1.82, 2.24) is 0 Å². The number of rotatable bonds is 3. The molecule has 0 heterocycles. The van der Waals surface area contributed by atoms with E-state index in [0.717, 1.165) is 5.92 Å². The highest BCUT2D eigenvalue weighted by Gasteiger charge is 2.38. The van der Waals surface area contributed by atoms with Crippen LogP contribution < -0.4 is 0 Å². The molecular weight excluding hydrogens is 176 g/mol. The molecule has 3 unspecified atom stereocenters. The predicted molar refractivity (Wildman–Crippen MR) is 57.9 cm³/mol. The van der Waals surface area contributed by atoms with Gasteiger partial charge >= 0.3 is 0 Å². The summed E-state index contributed by atoms with van der Waals surface area (Å²) in [7, 11) is -1.55. The first-order valence-electron chi connectivity index (χ1n) is 5.10. The van der Waals surface area contributed by atoms with Crippen molar-refractivity contribution in [2.24, 2.45) is 11.8 Å². The van der Waals surface area contributed by atoms with Crippen LogP contribution in [0.25, 0.3) is 0 Å². The van der Waals surface area contributed by atoms with Crippen molar-refractivity contribution in [3.63, 3.8) is 0 Å². The van der Waals surface area contributed by atoms with Gasteiger partial charge in [0.15, 0.2) is 0 Å². The van der Waals surface area contributed by atoms with Crippen LogP contribution >= 0.6 is 0 Å². The third-order valence-corrected chi connectivity index (χ3v) is 5.06. The van der Waals surface area contributed by atoms with Gasteiger partial charge < -0.3 is 4.43 Å². The van der Waals surface area contributed by atoms with Gasteiger partial charge in [0, 0.05) is 5.92 Å². The Morgan fingerprint density at radius 3 is 2.62 bits per heavy atom. The molecule has 3 atom stereocenters. The Labute approximate surface area is 81.6 Å². The zero-order chi connectivity index (χ0) is 9.47. The van der Waals surface area contributed by atoms with Crippen LogP contribution in [0.3, 0.4) is 0 Å². The minimum Gasteiger partial charge on any atom is -0.410 e. The summed E-state index contributed by atoms with van der Waals surface area (Å²) in [5.41, 5.74) is 2.03. The van der Waals surface area contributed by atoms with Gasteiger partial charge in [-0.05, 0) is 31.9 Å². The van der Waals surface area contributed by atoms with E-state index in [2.05, 4.69) is 31.8 Å². The van der Waals surface area contributed by atoms with Crippen LogP contribution in [0.2, 0.25) is 13.1 Å². The summed E-state index contributed by atoms with van der Waals surface area (Å²) < 4.78 is 6.15. The zero-order valence-electron chi connectivity index (χ0n) is 8.49. The molecule has 0 aromatic heterocycles. The first-order chi connectivity index (χ1) is 6.11. The summed E-state index contributed by atoms with van der Waals surface area (Å²) in [6.45, 7) is 8.29. The zero-order valence-corrected chi connectivity index (χ0v) is 9.49. The molecule has 0 N–H and O–H groups in total. The van der Waals surface area contributed by atoms with Crippen molar-refractivity contribution < 1.29 is 4.43 Å². The Balaban J connectivity index is 1.97. The molecule has 1 fully saturated rings. The molecule has 13 heavy (non-hydrogen) atoms. The van der Waals surface area contributed by atoms with Gasteiger partial charge in [-0.15, -0.1) is 6.58 Å². The molecule has 0 aromatic carbocycles. The van der Waals surface area contributed by atoms with E-state index in [1.54, 1.807) is 0 Å². The average molecular weight is 194 g/mol. The molecule has 2 heteroatoms. The fraction of sp³-hybridized carbons (Fsp3) is 0.636. The quantitative estimate of drug-likeness (QED) is 0.496. The molecule has 72 valence electrons. The monoisotopic (exact) mass is 194 g/mol. The highest BCUT2D eigenvalue weighted by Crippen LogP contribution is 2.41. The second-order valence-corrected chi connectivity index (χ2v) is 8.59. The summed E-state index contributed by atoms with van der Waals surface area (Å²) in [6.07, 6.45) is 7.76. The van der Waals surface area contributed by atoms with Gasteiger partial charge in [-0.25, -0.2) is 0 Å². The lowest BCUT2D eigenvalue weighted by Crippen LogP contribution is -2.35. The van der Waals surface area contributed by atoms with Crippen LogP contribution in [0.5, 0.6) is 0 Å². The Morgan fingerprint density at radius 1 is 1.38 bits per heavy atom. The summed E-state index contributed by atoms with van der Waals surface area (Å²) in [5, 5.41) is 0. The topological polar surface area (TPSA) is 9.23 Å². The van der Waals surface area contributed by atoms with E-state index in [9.17, 15) is 0 Å². The Bertz CT molecular complexity index is 244. The van der Waals surface area contributed by atoms with Crippen molar-refractivity contribution in [3.8, 4) is 0 Å². The summed E-state index contributed by atoms with van der Waals surface area (Å²) >= 11 is 0. The second kappa shape index (κ2) is 3.10. The number of allylic oxidation sites excluding steroid dienone is 1. The molecular formula is C11H18OSi. The predicted octanol–water partition coefficient (Wildman–Crippen LogP) is 2.90. The maximum Gasteiger partial charge on any atom is 0.210 e. The van der Waals surface area contributed by atoms with E-state index in [1.807, 2.05) is 5.70 Å². The van der Waals surface area contributed by atoms with Gasteiger partial charge in [0.25, 0.3) is 0 Å². The second-order valence-electron chi connectivity index (χ2n) is 4.74. The fourth-order valence-electron chi connectivity index (χ4n) is 2.30. The molecule has 0 amide bonds. The first kappa shape index (κ1) is 9.22. The van der Waals surface area contributed by atoms with Crippen LogP contribution in [0, 0.1) is 11.8 Å². The first-order valence-corrected chi connectivity index (χ1v) is 8.09. The largest absolute Gasteiger partial charge is 0.410 e. The van der Waals surface area contributed by atoms with E-state index in [-0.39, 0.29) is 0 Å². The molecule has 0 aliphatic heterocycles. The fourth-order valence-corrected chi connectivity index (χ4v) is 3.45. The molecule has 2 bridgehead atoms. The maximum absolute atomic E-state index is 6.15. The van der Waals surface area contributed by atoms with Crippen molar-refractivity contribution in [1.29, 1.82) is 0 Å². The van der Waals surface area contributed by atoms with E-state index in [4.69, 9.17) is 4.43 Å². The van der Waals surface area contributed by atoms with Gasteiger partial charge in [0.1, 0.15) is 0 Å². The summed E-state index contributed by atoms with van der Waals surface area (Å²) in [4.78, 5) is 0. The van der Waals surface area contributed by atoms with E-state index < -0.39 is 8.32 Å². The van der Waals surface area contributed by atoms with Gasteiger partial charge in [-0.1, -0.05) is 17.9 Å². The van der Waals surface area contributed by atoms with Gasteiger partial charge in [0.2, 0.25) is 8.32 Å². The standard InChI is InChI=1S/C11H18OSi/c1-4-13(2,3)12-11-8-9-5-6-10(11)7-9/h4-6,9-11H,1,7-8H2,2-3H3. The minimum absolute atomic E-state index is 0.495. The Hall–Kier alpha value is -0.343. The molecule has 0 radical (unpaired) electrons. The van der Waals surface area contributed by atoms with E-state index >= 15 is 0 Å². The molecule has 2 rings (SSSR count). The molecule has 0 spiro atoms. The lowest BCUT2D eigenvalue weighted by Gasteiger charge is -2.27. The van der Waals surface area contributed by atoms with Gasteiger partial charge in [-0.2, -0.15) is 0 Å². The van der Waals surface area contributed by atoms with Gasteiger partial charge in [0.05, 0.1) is 6.10 Å².